The van der Waals surface area contributed by atoms with Crippen LogP contribution in [-0.4, -0.2) is 31.3 Å². The van der Waals surface area contributed by atoms with E-state index in [2.05, 4.69) is 15.0 Å². The van der Waals surface area contributed by atoms with Crippen LogP contribution in [0.2, 0.25) is 0 Å². The molecule has 2 heterocycles. The molecule has 1 saturated heterocycles. The van der Waals surface area contributed by atoms with E-state index >= 15 is 0 Å². The number of amidine groups is 1. The number of hydrogen-bond donors (Lipinski definition) is 1. The zero-order valence-electron chi connectivity index (χ0n) is 18.2. The normalized spacial score (nSPS) is 15.4. The summed E-state index contributed by atoms with van der Waals surface area (Å²) in [4.78, 5) is 28.6. The van der Waals surface area contributed by atoms with E-state index in [1.54, 1.807) is 30.3 Å². The van der Waals surface area contributed by atoms with Crippen LogP contribution in [0.15, 0.2) is 68.9 Å². The van der Waals surface area contributed by atoms with Crippen LogP contribution in [0.4, 0.5) is 10.1 Å². The third-order valence-corrected chi connectivity index (χ3v) is 5.52. The van der Waals surface area contributed by atoms with E-state index in [0.717, 1.165) is 5.56 Å². The molecule has 2 aromatic carbocycles. The number of ether oxygens (including phenoxy) is 3. The summed E-state index contributed by atoms with van der Waals surface area (Å²) in [5, 5.41) is 3.09. The van der Waals surface area contributed by atoms with Crippen LogP contribution in [0, 0.1) is 5.82 Å². The number of benzene rings is 2. The zero-order chi connectivity index (χ0) is 24.1. The van der Waals surface area contributed by atoms with Gasteiger partial charge in [-0.2, -0.15) is 0 Å². The first kappa shape index (κ1) is 23.1. The molecule has 1 amide bonds. The third-order valence-electron chi connectivity index (χ3n) is 4.61. The first-order valence-electron chi connectivity index (χ1n) is 9.98. The van der Waals surface area contributed by atoms with Crippen LogP contribution in [0.1, 0.15) is 21.9 Å². The van der Waals surface area contributed by atoms with Gasteiger partial charge in [-0.1, -0.05) is 6.07 Å². The van der Waals surface area contributed by atoms with E-state index in [4.69, 9.17) is 13.9 Å². The van der Waals surface area contributed by atoms with E-state index in [-0.39, 0.29) is 24.1 Å². The molecule has 1 fully saturated rings. The first-order chi connectivity index (χ1) is 16.4. The number of carbonyl (C=O) groups is 2. The highest BCUT2D eigenvalue weighted by Gasteiger charge is 2.24. The minimum absolute atomic E-state index is 0.0786. The molecule has 34 heavy (non-hydrogen) atoms. The van der Waals surface area contributed by atoms with Crippen LogP contribution in [0.5, 0.6) is 11.5 Å². The minimum Gasteiger partial charge on any atom is -0.493 e. The number of esters is 1. The number of hydrogen-bond acceptors (Lipinski definition) is 8. The Morgan fingerprint density at radius 3 is 2.65 bits per heavy atom. The number of carbonyl (C=O) groups excluding carboxylic acids is 2. The number of nitrogens with zero attached hydrogens (tertiary/aromatic N) is 1. The largest absolute Gasteiger partial charge is 0.493 e. The van der Waals surface area contributed by atoms with Crippen LogP contribution < -0.4 is 14.8 Å². The summed E-state index contributed by atoms with van der Waals surface area (Å²) in [6.07, 6.45) is 1.70. The minimum atomic E-state index is -0.569. The predicted octanol–water partition coefficient (Wildman–Crippen LogP) is 4.68. The quantitative estimate of drug-likeness (QED) is 0.385. The maximum absolute atomic E-state index is 13.1. The van der Waals surface area contributed by atoms with Crippen molar-refractivity contribution in [2.45, 2.75) is 6.61 Å². The summed E-state index contributed by atoms with van der Waals surface area (Å²) in [5.74, 6) is 0.236. The number of nitrogens with one attached hydrogen (secondary N) is 1. The highest BCUT2D eigenvalue weighted by atomic mass is 32.2. The van der Waals surface area contributed by atoms with Gasteiger partial charge in [0.05, 0.1) is 24.8 Å². The van der Waals surface area contributed by atoms with Crippen LogP contribution in [-0.2, 0) is 16.1 Å². The van der Waals surface area contributed by atoms with Crippen molar-refractivity contribution in [2.75, 3.05) is 14.2 Å². The molecule has 0 bridgehead atoms. The molecule has 0 spiro atoms. The van der Waals surface area contributed by atoms with Crippen LogP contribution in [0.25, 0.3) is 6.08 Å². The summed E-state index contributed by atoms with van der Waals surface area (Å²) < 4.78 is 34.2. The molecule has 1 aromatic heterocycles. The van der Waals surface area contributed by atoms with Gasteiger partial charge in [0.2, 0.25) is 5.76 Å². The molecule has 0 aliphatic carbocycles. The Bertz CT molecular complexity index is 1280. The Hall–Kier alpha value is -4.05. The summed E-state index contributed by atoms with van der Waals surface area (Å²) in [5.41, 5.74) is 1.25. The highest BCUT2D eigenvalue weighted by Crippen LogP contribution is 2.32. The van der Waals surface area contributed by atoms with Crippen LogP contribution >= 0.6 is 11.8 Å². The van der Waals surface area contributed by atoms with Gasteiger partial charge in [-0.3, -0.25) is 4.79 Å². The topological polar surface area (TPSA) is 99.4 Å². The first-order valence-corrected chi connectivity index (χ1v) is 10.8. The third kappa shape index (κ3) is 5.46. The van der Waals surface area contributed by atoms with E-state index in [9.17, 15) is 14.0 Å². The molecule has 174 valence electrons. The fourth-order valence-corrected chi connectivity index (χ4v) is 3.81. The van der Waals surface area contributed by atoms with Crippen molar-refractivity contribution in [1.29, 1.82) is 0 Å². The molecule has 3 aromatic rings. The Morgan fingerprint density at radius 1 is 1.12 bits per heavy atom. The molecule has 0 radical (unpaired) electrons. The molecule has 10 heteroatoms. The number of methoxy groups -OCH3 is 2. The molecule has 0 unspecified atom stereocenters. The van der Waals surface area contributed by atoms with E-state index in [1.165, 1.54) is 56.3 Å². The summed E-state index contributed by atoms with van der Waals surface area (Å²) in [6, 6.07) is 14.0. The monoisotopic (exact) mass is 482 g/mol. The van der Waals surface area contributed by atoms with Crippen molar-refractivity contribution >= 4 is 40.6 Å². The van der Waals surface area contributed by atoms with Gasteiger partial charge in [0, 0.05) is 0 Å². The molecule has 0 saturated carbocycles. The van der Waals surface area contributed by atoms with E-state index < -0.39 is 5.97 Å². The van der Waals surface area contributed by atoms with Gasteiger partial charge in [-0.15, -0.1) is 0 Å². The number of halogens is 1. The summed E-state index contributed by atoms with van der Waals surface area (Å²) in [6.45, 7) is 0.0786. The second kappa shape index (κ2) is 10.3. The van der Waals surface area contributed by atoms with Crippen molar-refractivity contribution in [1.82, 2.24) is 5.32 Å². The fraction of sp³-hybridized carbons (Fsp3) is 0.125. The standard InChI is InChI=1S/C24H19FN2O6S/c1-30-20-11-14(3-9-18(20)32-13-17-8-10-19(33-17)23(29)31-2)12-21-22(28)27-24(34-21)26-16-6-4-15(25)5-7-16/h3-12H,13H2,1-2H3,(H,26,27,28)/b21-12+. The highest BCUT2D eigenvalue weighted by molar-refractivity contribution is 8.18. The van der Waals surface area contributed by atoms with Crippen LogP contribution in [0.3, 0.4) is 0 Å². The van der Waals surface area contributed by atoms with Gasteiger partial charge in [0.25, 0.3) is 5.91 Å². The molecule has 8 nitrogen and oxygen atoms in total. The smallest absolute Gasteiger partial charge is 0.373 e. The maximum Gasteiger partial charge on any atom is 0.373 e. The van der Waals surface area contributed by atoms with Crippen molar-refractivity contribution < 1.29 is 32.6 Å². The van der Waals surface area contributed by atoms with E-state index in [0.29, 0.717) is 33.0 Å². The van der Waals surface area contributed by atoms with Crippen molar-refractivity contribution in [2.24, 2.45) is 4.99 Å². The fourth-order valence-electron chi connectivity index (χ4n) is 2.97. The summed E-state index contributed by atoms with van der Waals surface area (Å²) >= 11 is 1.18. The van der Waals surface area contributed by atoms with Gasteiger partial charge in [0.1, 0.15) is 18.2 Å². The molecular weight excluding hydrogens is 463 g/mol. The van der Waals surface area contributed by atoms with Gasteiger partial charge < -0.3 is 23.9 Å². The average Bonchev–Trinajstić information content (AvgIpc) is 3.45. The lowest BCUT2D eigenvalue weighted by Crippen LogP contribution is -2.19. The van der Waals surface area contributed by atoms with Gasteiger partial charge in [-0.05, 0) is 71.9 Å². The van der Waals surface area contributed by atoms with Crippen molar-refractivity contribution in [3.05, 3.63) is 82.4 Å². The van der Waals surface area contributed by atoms with Gasteiger partial charge >= 0.3 is 5.97 Å². The molecule has 1 N–H and O–H groups in total. The van der Waals surface area contributed by atoms with E-state index in [1.807, 2.05) is 0 Å². The van der Waals surface area contributed by atoms with Crippen molar-refractivity contribution in [3.63, 3.8) is 0 Å². The molecular formula is C24H19FN2O6S. The second-order valence-corrected chi connectivity index (χ2v) is 7.95. The lowest BCUT2D eigenvalue weighted by molar-refractivity contribution is -0.115. The number of aliphatic imine (C=N–C) groups is 1. The number of amides is 1. The lowest BCUT2D eigenvalue weighted by atomic mass is 10.2. The van der Waals surface area contributed by atoms with Crippen molar-refractivity contribution in [3.8, 4) is 11.5 Å². The molecule has 0 atom stereocenters. The molecule has 4 rings (SSSR count). The maximum atomic E-state index is 13.1. The predicted molar refractivity (Wildman–Crippen MR) is 125 cm³/mol. The average molecular weight is 482 g/mol. The molecule has 1 aliphatic rings. The molecule has 1 aliphatic heterocycles. The second-order valence-electron chi connectivity index (χ2n) is 6.91. The number of furan rings is 1. The Morgan fingerprint density at radius 2 is 1.91 bits per heavy atom. The summed E-state index contributed by atoms with van der Waals surface area (Å²) in [7, 11) is 2.78. The van der Waals surface area contributed by atoms with Gasteiger partial charge in [0.15, 0.2) is 16.7 Å². The zero-order valence-corrected chi connectivity index (χ0v) is 19.0. The van der Waals surface area contributed by atoms with Gasteiger partial charge in [-0.25, -0.2) is 14.2 Å². The Balaban J connectivity index is 1.45. The Kier molecular flexibility index (Phi) is 6.98. The lowest BCUT2D eigenvalue weighted by Gasteiger charge is -2.10. The SMILES string of the molecule is COC(=O)c1ccc(COc2ccc(/C=C3/SC(=Nc4ccc(F)cc4)NC3=O)cc2OC)o1. The Labute approximate surface area is 198 Å². The number of thioether (sulfide) groups is 1. The number of rotatable bonds is 7.